The summed E-state index contributed by atoms with van der Waals surface area (Å²) in [4.78, 5) is 4.15. The molecule has 0 aliphatic rings. The second-order valence-corrected chi connectivity index (χ2v) is 3.46. The number of pyridine rings is 1. The highest BCUT2D eigenvalue weighted by Crippen LogP contribution is 2.20. The number of rotatable bonds is 2. The fourth-order valence-corrected chi connectivity index (χ4v) is 1.56. The molecule has 0 aliphatic carbocycles. The molecule has 0 radical (unpaired) electrons. The quantitative estimate of drug-likeness (QED) is 0.808. The molecule has 0 aliphatic heterocycles. The molecule has 0 amide bonds. The molecule has 2 heterocycles. The van der Waals surface area contributed by atoms with Crippen molar-refractivity contribution in [3.05, 3.63) is 30.1 Å². The zero-order chi connectivity index (χ0) is 10.8. The monoisotopic (exact) mass is 202 g/mol. The first kappa shape index (κ1) is 9.71. The van der Waals surface area contributed by atoms with E-state index in [9.17, 15) is 0 Å². The lowest BCUT2D eigenvalue weighted by Gasteiger charge is -2.06. The average molecular weight is 202 g/mol. The molecular weight excluding hydrogens is 188 g/mol. The van der Waals surface area contributed by atoms with Crippen LogP contribution in [0.5, 0.6) is 0 Å². The molecule has 0 atom stereocenters. The first-order valence-corrected chi connectivity index (χ1v) is 4.96. The minimum atomic E-state index is 0.585. The van der Waals surface area contributed by atoms with Gasteiger partial charge in [0, 0.05) is 24.5 Å². The lowest BCUT2D eigenvalue weighted by molar-refractivity contribution is 0.667. The Morgan fingerprint density at radius 2 is 2.27 bits per heavy atom. The van der Waals surface area contributed by atoms with Crippen LogP contribution < -0.4 is 5.73 Å². The summed E-state index contributed by atoms with van der Waals surface area (Å²) in [6, 6.07) is 4.02. The van der Waals surface area contributed by atoms with Crippen molar-refractivity contribution >= 4 is 5.82 Å². The van der Waals surface area contributed by atoms with Gasteiger partial charge in [-0.1, -0.05) is 0 Å². The maximum Gasteiger partial charge on any atom is 0.126 e. The number of hydrogen-bond donors (Lipinski definition) is 1. The highest BCUT2D eigenvalue weighted by Gasteiger charge is 2.05. The van der Waals surface area contributed by atoms with E-state index in [1.165, 1.54) is 0 Å². The van der Waals surface area contributed by atoms with Crippen LogP contribution in [-0.4, -0.2) is 14.8 Å². The van der Waals surface area contributed by atoms with Gasteiger partial charge in [-0.25, -0.2) is 4.98 Å². The first-order chi connectivity index (χ1) is 7.22. The number of nitrogen functional groups attached to an aromatic ring is 1. The number of nitrogens with two attached hydrogens (primary N) is 1. The van der Waals surface area contributed by atoms with Crippen molar-refractivity contribution in [2.45, 2.75) is 20.4 Å². The summed E-state index contributed by atoms with van der Waals surface area (Å²) in [6.07, 6.45) is 3.58. The summed E-state index contributed by atoms with van der Waals surface area (Å²) in [5, 5.41) is 4.22. The number of nitrogens with zero attached hydrogens (tertiary/aromatic N) is 3. The van der Waals surface area contributed by atoms with Crippen LogP contribution >= 0.6 is 0 Å². The van der Waals surface area contributed by atoms with Crippen molar-refractivity contribution in [2.75, 3.05) is 5.73 Å². The molecule has 4 heteroatoms. The predicted octanol–water partition coefficient (Wildman–Crippen LogP) is 1.86. The molecule has 0 fully saturated rings. The van der Waals surface area contributed by atoms with Gasteiger partial charge in [0.15, 0.2) is 0 Å². The standard InChI is InChI=1S/C11H14N4/c1-3-15-10(4-5-14-15)9-6-8(2)11(12)13-7-9/h4-7H,3H2,1-2H3,(H2,12,13). The summed E-state index contributed by atoms with van der Waals surface area (Å²) in [5.74, 6) is 0.585. The van der Waals surface area contributed by atoms with Crippen molar-refractivity contribution in [2.24, 2.45) is 0 Å². The van der Waals surface area contributed by atoms with Crippen LogP contribution in [0.2, 0.25) is 0 Å². The molecule has 2 rings (SSSR count). The van der Waals surface area contributed by atoms with Crippen molar-refractivity contribution in [3.63, 3.8) is 0 Å². The van der Waals surface area contributed by atoms with Crippen LogP contribution in [0, 0.1) is 6.92 Å². The van der Waals surface area contributed by atoms with Gasteiger partial charge in [0.25, 0.3) is 0 Å². The van der Waals surface area contributed by atoms with Crippen LogP contribution in [0.25, 0.3) is 11.3 Å². The predicted molar refractivity (Wildman–Crippen MR) is 60.3 cm³/mol. The SMILES string of the molecule is CCn1nccc1-c1cnc(N)c(C)c1. The Labute approximate surface area is 88.8 Å². The van der Waals surface area contributed by atoms with E-state index in [-0.39, 0.29) is 0 Å². The molecule has 0 saturated heterocycles. The van der Waals surface area contributed by atoms with E-state index in [0.717, 1.165) is 23.4 Å². The third-order valence-corrected chi connectivity index (χ3v) is 2.43. The maximum atomic E-state index is 5.68. The molecule has 0 spiro atoms. The van der Waals surface area contributed by atoms with Gasteiger partial charge in [-0.05, 0) is 31.5 Å². The largest absolute Gasteiger partial charge is 0.383 e. The summed E-state index contributed by atoms with van der Waals surface area (Å²) in [6.45, 7) is 4.87. The van der Waals surface area contributed by atoms with Gasteiger partial charge >= 0.3 is 0 Å². The third-order valence-electron chi connectivity index (χ3n) is 2.43. The van der Waals surface area contributed by atoms with E-state index in [1.807, 2.05) is 23.7 Å². The second kappa shape index (κ2) is 3.73. The molecule has 0 bridgehead atoms. The van der Waals surface area contributed by atoms with Crippen LogP contribution in [0.3, 0.4) is 0 Å². The molecule has 0 saturated carbocycles. The fraction of sp³-hybridized carbons (Fsp3) is 0.273. The average Bonchev–Trinajstić information content (AvgIpc) is 2.70. The van der Waals surface area contributed by atoms with Crippen LogP contribution in [0.1, 0.15) is 12.5 Å². The van der Waals surface area contributed by atoms with Crippen molar-refractivity contribution in [1.82, 2.24) is 14.8 Å². The van der Waals surface area contributed by atoms with Crippen LogP contribution in [0.4, 0.5) is 5.82 Å². The van der Waals surface area contributed by atoms with Crippen LogP contribution in [0.15, 0.2) is 24.5 Å². The molecular formula is C11H14N4. The Bertz CT molecular complexity index is 473. The summed E-state index contributed by atoms with van der Waals surface area (Å²) in [7, 11) is 0. The highest BCUT2D eigenvalue weighted by atomic mass is 15.3. The highest BCUT2D eigenvalue weighted by molar-refractivity contribution is 5.61. The second-order valence-electron chi connectivity index (χ2n) is 3.46. The van der Waals surface area contributed by atoms with Crippen molar-refractivity contribution in [1.29, 1.82) is 0 Å². The normalized spacial score (nSPS) is 10.5. The number of aromatic nitrogens is 3. The number of aryl methyl sites for hydroxylation is 2. The zero-order valence-corrected chi connectivity index (χ0v) is 8.94. The van der Waals surface area contributed by atoms with Gasteiger partial charge in [0.1, 0.15) is 5.82 Å². The van der Waals surface area contributed by atoms with Gasteiger partial charge in [-0.2, -0.15) is 5.10 Å². The number of anilines is 1. The van der Waals surface area contributed by atoms with E-state index in [0.29, 0.717) is 5.82 Å². The smallest absolute Gasteiger partial charge is 0.126 e. The van der Waals surface area contributed by atoms with Gasteiger partial charge < -0.3 is 5.73 Å². The minimum absolute atomic E-state index is 0.585. The van der Waals surface area contributed by atoms with Gasteiger partial charge in [0.2, 0.25) is 0 Å². The van der Waals surface area contributed by atoms with E-state index >= 15 is 0 Å². The van der Waals surface area contributed by atoms with E-state index in [2.05, 4.69) is 17.0 Å². The summed E-state index contributed by atoms with van der Waals surface area (Å²) >= 11 is 0. The lowest BCUT2D eigenvalue weighted by Crippen LogP contribution is -2.00. The Balaban J connectivity index is 2.50. The van der Waals surface area contributed by atoms with E-state index < -0.39 is 0 Å². The minimum Gasteiger partial charge on any atom is -0.383 e. The number of hydrogen-bond acceptors (Lipinski definition) is 3. The van der Waals surface area contributed by atoms with Crippen molar-refractivity contribution in [3.8, 4) is 11.3 Å². The Kier molecular flexibility index (Phi) is 2.41. The molecule has 2 aromatic heterocycles. The third kappa shape index (κ3) is 1.70. The molecule has 2 aromatic rings. The van der Waals surface area contributed by atoms with Gasteiger partial charge in [-0.3, -0.25) is 4.68 Å². The molecule has 4 nitrogen and oxygen atoms in total. The van der Waals surface area contributed by atoms with Crippen molar-refractivity contribution < 1.29 is 0 Å². The maximum absolute atomic E-state index is 5.68. The zero-order valence-electron chi connectivity index (χ0n) is 8.94. The van der Waals surface area contributed by atoms with Gasteiger partial charge in [0.05, 0.1) is 5.69 Å². The van der Waals surface area contributed by atoms with E-state index in [1.54, 1.807) is 12.4 Å². The lowest BCUT2D eigenvalue weighted by atomic mass is 10.1. The Hall–Kier alpha value is -1.84. The molecule has 15 heavy (non-hydrogen) atoms. The van der Waals surface area contributed by atoms with Gasteiger partial charge in [-0.15, -0.1) is 0 Å². The Morgan fingerprint density at radius 1 is 1.47 bits per heavy atom. The summed E-state index contributed by atoms with van der Waals surface area (Å²) in [5.41, 5.74) is 8.81. The topological polar surface area (TPSA) is 56.7 Å². The molecule has 78 valence electrons. The first-order valence-electron chi connectivity index (χ1n) is 4.96. The fourth-order valence-electron chi connectivity index (χ4n) is 1.56. The molecule has 0 unspecified atom stereocenters. The Morgan fingerprint density at radius 3 is 2.93 bits per heavy atom. The van der Waals surface area contributed by atoms with Crippen LogP contribution in [-0.2, 0) is 6.54 Å². The van der Waals surface area contributed by atoms with E-state index in [4.69, 9.17) is 5.73 Å². The molecule has 2 N–H and O–H groups in total. The summed E-state index contributed by atoms with van der Waals surface area (Å²) < 4.78 is 1.94. The molecule has 0 aromatic carbocycles.